The zero-order valence-corrected chi connectivity index (χ0v) is 19.9. The lowest BCUT2D eigenvalue weighted by Gasteiger charge is -2.31. The molecule has 178 valence electrons. The van der Waals surface area contributed by atoms with Gasteiger partial charge in [-0.1, -0.05) is 54.6 Å². The van der Waals surface area contributed by atoms with Crippen molar-refractivity contribution >= 4 is 22.8 Å². The molecule has 0 spiro atoms. The lowest BCUT2D eigenvalue weighted by Crippen LogP contribution is -2.40. The number of nitrogens with zero attached hydrogens (tertiary/aromatic N) is 7. The Morgan fingerprint density at radius 1 is 0.857 bits per heavy atom. The first-order chi connectivity index (χ1) is 17.0. The summed E-state index contributed by atoms with van der Waals surface area (Å²) in [6.45, 7) is 3.74. The van der Waals surface area contributed by atoms with Crippen LogP contribution in [0.4, 0.5) is 5.95 Å². The topological polar surface area (TPSA) is 80.7 Å². The maximum absolute atomic E-state index is 13.1. The van der Waals surface area contributed by atoms with E-state index < -0.39 is 0 Å². The van der Waals surface area contributed by atoms with E-state index in [9.17, 15) is 9.59 Å². The molecule has 0 radical (unpaired) electrons. The van der Waals surface area contributed by atoms with Gasteiger partial charge in [0.25, 0.3) is 5.56 Å². The van der Waals surface area contributed by atoms with Crippen LogP contribution in [0.3, 0.4) is 0 Å². The molecule has 2 aromatic carbocycles. The highest BCUT2D eigenvalue weighted by atomic mass is 16.2. The van der Waals surface area contributed by atoms with E-state index in [2.05, 4.69) is 29.2 Å². The minimum absolute atomic E-state index is 0.344. The second-order valence-electron chi connectivity index (χ2n) is 9.21. The first kappa shape index (κ1) is 21.5. The molecule has 0 N–H and O–H groups in total. The number of imidazole rings is 1. The lowest BCUT2D eigenvalue weighted by atomic mass is 10.00. The Kier molecular flexibility index (Phi) is 5.14. The largest absolute Gasteiger partial charge is 0.332 e. The Bertz CT molecular complexity index is 1580. The molecule has 9 heteroatoms. The van der Waals surface area contributed by atoms with Gasteiger partial charge in [-0.2, -0.15) is 10.1 Å². The van der Waals surface area contributed by atoms with E-state index in [0.717, 1.165) is 41.9 Å². The number of hydrazone groups is 1. The van der Waals surface area contributed by atoms with Gasteiger partial charge in [0.05, 0.1) is 18.8 Å². The predicted octanol–water partition coefficient (Wildman–Crippen LogP) is 1.72. The van der Waals surface area contributed by atoms with Crippen LogP contribution in [0.15, 0.2) is 69.3 Å². The molecule has 2 aromatic heterocycles. The number of anilines is 1. The zero-order chi connectivity index (χ0) is 24.1. The molecular formula is C26H27N7O2. The monoisotopic (exact) mass is 469 g/mol. The number of fused-ring (bicyclic) bond motifs is 4. The van der Waals surface area contributed by atoms with Crippen molar-refractivity contribution in [3.8, 4) is 0 Å². The van der Waals surface area contributed by atoms with Gasteiger partial charge in [-0.25, -0.2) is 9.80 Å². The van der Waals surface area contributed by atoms with Crippen LogP contribution in [0.5, 0.6) is 0 Å². The van der Waals surface area contributed by atoms with Crippen LogP contribution in [0, 0.1) is 0 Å². The van der Waals surface area contributed by atoms with E-state index in [1.807, 2.05) is 39.9 Å². The molecule has 0 aliphatic carbocycles. The summed E-state index contributed by atoms with van der Waals surface area (Å²) in [6.07, 6.45) is 1.03. The van der Waals surface area contributed by atoms with Crippen molar-refractivity contribution in [2.45, 2.75) is 19.5 Å². The first-order valence-electron chi connectivity index (χ1n) is 11.9. The molecule has 6 rings (SSSR count). The van der Waals surface area contributed by atoms with E-state index in [1.54, 1.807) is 7.05 Å². The van der Waals surface area contributed by atoms with Crippen molar-refractivity contribution in [2.75, 3.05) is 24.6 Å². The Labute approximate surface area is 202 Å². The highest BCUT2D eigenvalue weighted by Gasteiger charge is 2.28. The van der Waals surface area contributed by atoms with E-state index >= 15 is 0 Å². The van der Waals surface area contributed by atoms with Crippen molar-refractivity contribution in [1.82, 2.24) is 23.6 Å². The highest BCUT2D eigenvalue weighted by Crippen LogP contribution is 2.26. The maximum atomic E-state index is 13.1. The quantitative estimate of drug-likeness (QED) is 0.455. The number of rotatable bonds is 4. The van der Waals surface area contributed by atoms with Crippen LogP contribution in [0.2, 0.25) is 0 Å². The fourth-order valence-corrected chi connectivity index (χ4v) is 5.06. The van der Waals surface area contributed by atoms with Gasteiger partial charge >= 0.3 is 5.69 Å². The number of hydrogen-bond acceptors (Lipinski definition) is 6. The number of aromatic nitrogens is 4. The average Bonchev–Trinajstić information content (AvgIpc) is 3.29. The summed E-state index contributed by atoms with van der Waals surface area (Å²) < 4.78 is 4.47. The van der Waals surface area contributed by atoms with Gasteiger partial charge in [0.1, 0.15) is 0 Å². The van der Waals surface area contributed by atoms with Crippen LogP contribution in [0.25, 0.3) is 11.2 Å². The summed E-state index contributed by atoms with van der Waals surface area (Å²) in [4.78, 5) is 32.8. The molecule has 35 heavy (non-hydrogen) atoms. The van der Waals surface area contributed by atoms with Gasteiger partial charge in [0.2, 0.25) is 5.95 Å². The standard InChI is InChI=1S/C26H27N7O2/c1-29-23-22(24(34)30(2)26(29)35)32-17-21(19-9-4-3-5-10-19)28-33(25(32)27-23)15-14-31-13-12-18-8-6-7-11-20(18)16-31/h3-11H,12-17H2,1-2H3. The van der Waals surface area contributed by atoms with Gasteiger partial charge in [0.15, 0.2) is 11.2 Å². The van der Waals surface area contributed by atoms with Crippen LogP contribution in [-0.2, 0) is 33.6 Å². The minimum atomic E-state index is -0.388. The smallest absolute Gasteiger partial charge is 0.297 e. The van der Waals surface area contributed by atoms with Gasteiger partial charge in [-0.05, 0) is 23.1 Å². The first-order valence-corrected chi connectivity index (χ1v) is 11.9. The lowest BCUT2D eigenvalue weighted by molar-refractivity contribution is 0.259. The molecule has 0 saturated carbocycles. The number of aryl methyl sites for hydroxylation is 1. The summed E-state index contributed by atoms with van der Waals surface area (Å²) in [5.74, 6) is 0.593. The third-order valence-corrected chi connectivity index (χ3v) is 7.05. The van der Waals surface area contributed by atoms with E-state index in [4.69, 9.17) is 10.1 Å². The Morgan fingerprint density at radius 2 is 1.60 bits per heavy atom. The molecule has 2 aliphatic rings. The van der Waals surface area contributed by atoms with Gasteiger partial charge in [-0.15, -0.1) is 0 Å². The third kappa shape index (κ3) is 3.59. The molecular weight excluding hydrogens is 442 g/mol. The highest BCUT2D eigenvalue weighted by molar-refractivity contribution is 6.02. The summed E-state index contributed by atoms with van der Waals surface area (Å²) in [5.41, 5.74) is 4.72. The zero-order valence-electron chi connectivity index (χ0n) is 19.9. The third-order valence-electron chi connectivity index (χ3n) is 7.05. The summed E-state index contributed by atoms with van der Waals surface area (Å²) >= 11 is 0. The van der Waals surface area contributed by atoms with E-state index in [0.29, 0.717) is 30.2 Å². The number of hydrogen-bond donors (Lipinski definition) is 0. The van der Waals surface area contributed by atoms with Crippen LogP contribution in [0.1, 0.15) is 16.7 Å². The van der Waals surface area contributed by atoms with Crippen molar-refractivity contribution in [3.63, 3.8) is 0 Å². The van der Waals surface area contributed by atoms with Crippen molar-refractivity contribution < 1.29 is 0 Å². The van der Waals surface area contributed by atoms with Gasteiger partial charge in [-0.3, -0.25) is 23.4 Å². The molecule has 0 fully saturated rings. The number of benzene rings is 2. The Hall–Kier alpha value is -3.98. The average molecular weight is 470 g/mol. The molecule has 0 amide bonds. The predicted molar refractivity (Wildman–Crippen MR) is 136 cm³/mol. The molecule has 0 saturated heterocycles. The molecule has 2 aliphatic heterocycles. The maximum Gasteiger partial charge on any atom is 0.332 e. The van der Waals surface area contributed by atoms with Crippen LogP contribution >= 0.6 is 0 Å². The fraction of sp³-hybridized carbons (Fsp3) is 0.308. The van der Waals surface area contributed by atoms with Gasteiger partial charge < -0.3 is 0 Å². The second kappa shape index (κ2) is 8.35. The van der Waals surface area contributed by atoms with E-state index in [-0.39, 0.29) is 11.2 Å². The Balaban J connectivity index is 1.39. The minimum Gasteiger partial charge on any atom is -0.297 e. The molecule has 4 aromatic rings. The van der Waals surface area contributed by atoms with Crippen LogP contribution < -0.4 is 16.3 Å². The molecule has 0 bridgehead atoms. The summed E-state index contributed by atoms with van der Waals surface area (Å²) in [7, 11) is 3.16. The SMILES string of the molecule is Cn1c(=O)c2c(nc3n2CC(c2ccccc2)=NN3CCN2CCc3ccccc3C2)n(C)c1=O. The van der Waals surface area contributed by atoms with Crippen molar-refractivity contribution in [3.05, 3.63) is 92.1 Å². The van der Waals surface area contributed by atoms with E-state index in [1.165, 1.54) is 22.7 Å². The van der Waals surface area contributed by atoms with Crippen molar-refractivity contribution in [2.24, 2.45) is 19.2 Å². The normalized spacial score (nSPS) is 15.7. The molecule has 9 nitrogen and oxygen atoms in total. The fourth-order valence-electron chi connectivity index (χ4n) is 5.06. The summed E-state index contributed by atoms with van der Waals surface area (Å²) in [5, 5.41) is 6.85. The Morgan fingerprint density at radius 3 is 2.40 bits per heavy atom. The molecule has 4 heterocycles. The van der Waals surface area contributed by atoms with Gasteiger partial charge in [0, 0.05) is 33.7 Å². The molecule has 0 unspecified atom stereocenters. The van der Waals surface area contributed by atoms with Crippen molar-refractivity contribution in [1.29, 1.82) is 0 Å². The molecule has 0 atom stereocenters. The summed E-state index contributed by atoms with van der Waals surface area (Å²) in [6, 6.07) is 18.6. The van der Waals surface area contributed by atoms with Crippen LogP contribution in [-0.4, -0.2) is 48.9 Å². The second-order valence-corrected chi connectivity index (χ2v) is 9.21.